The largest absolute Gasteiger partial charge is 1.00 e. The van der Waals surface area contributed by atoms with Gasteiger partial charge in [0.2, 0.25) is 5.91 Å². The topological polar surface area (TPSA) is 77.5 Å². The molecule has 0 heterocycles. The summed E-state index contributed by atoms with van der Waals surface area (Å²) in [5.41, 5.74) is 0. The molecule has 25 heavy (non-hydrogen) atoms. The molecule has 0 saturated carbocycles. The molecule has 0 spiro atoms. The fourth-order valence-electron chi connectivity index (χ4n) is 2.42. The molecule has 142 valence electrons. The third-order valence-corrected chi connectivity index (χ3v) is 4.72. The number of likely N-dealkylation sites (N-methyl/N-ethyl adjacent to an activating group) is 1. The Kier molecular flexibility index (Phi) is 20.3. The van der Waals surface area contributed by atoms with Gasteiger partial charge in [0.1, 0.15) is 0 Å². The molecule has 0 rings (SSSR count). The SMILES string of the molecule is CCCCCCCCCCCC/C=C/C(=O)N(C)CCS(=O)(=O)[O-].[K+]. The van der Waals surface area contributed by atoms with Crippen LogP contribution in [0.5, 0.6) is 0 Å². The van der Waals surface area contributed by atoms with Gasteiger partial charge in [-0.2, -0.15) is 0 Å². The molecule has 0 bridgehead atoms. The van der Waals surface area contributed by atoms with Gasteiger partial charge >= 0.3 is 51.4 Å². The Labute approximate surface area is 197 Å². The van der Waals surface area contributed by atoms with Crippen molar-refractivity contribution < 1.29 is 69.1 Å². The van der Waals surface area contributed by atoms with Gasteiger partial charge in [0.05, 0.1) is 15.9 Å². The molecule has 0 aromatic rings. The number of hydrogen-bond donors (Lipinski definition) is 0. The summed E-state index contributed by atoms with van der Waals surface area (Å²) in [6.45, 7) is 2.17. The number of nitrogens with zero attached hydrogens (tertiary/aromatic N) is 1. The van der Waals surface area contributed by atoms with Gasteiger partial charge in [0.15, 0.2) is 0 Å². The summed E-state index contributed by atoms with van der Waals surface area (Å²) >= 11 is 0. The summed E-state index contributed by atoms with van der Waals surface area (Å²) in [4.78, 5) is 12.9. The second kappa shape index (κ2) is 18.1. The minimum absolute atomic E-state index is 0. The van der Waals surface area contributed by atoms with Gasteiger partial charge in [-0.15, -0.1) is 0 Å². The number of carbonyl (C=O) groups is 1. The second-order valence-electron chi connectivity index (χ2n) is 6.39. The van der Waals surface area contributed by atoms with Gasteiger partial charge in [-0.1, -0.05) is 70.8 Å². The first-order valence-corrected chi connectivity index (χ1v) is 10.8. The molecule has 0 aliphatic carbocycles. The molecule has 0 unspecified atom stereocenters. The van der Waals surface area contributed by atoms with E-state index >= 15 is 0 Å². The van der Waals surface area contributed by atoms with Crippen molar-refractivity contribution in [3.63, 3.8) is 0 Å². The monoisotopic (exact) mass is 399 g/mol. The van der Waals surface area contributed by atoms with Crippen molar-refractivity contribution in [3.8, 4) is 0 Å². The maximum absolute atomic E-state index is 11.7. The number of hydrogen-bond acceptors (Lipinski definition) is 4. The van der Waals surface area contributed by atoms with Gasteiger partial charge in [0.25, 0.3) is 0 Å². The first-order chi connectivity index (χ1) is 11.4. The molecule has 0 saturated heterocycles. The summed E-state index contributed by atoms with van der Waals surface area (Å²) < 4.78 is 31.6. The van der Waals surface area contributed by atoms with Crippen LogP contribution in [0, 0.1) is 0 Å². The Balaban J connectivity index is 0. The first kappa shape index (κ1) is 28.0. The fourth-order valence-corrected chi connectivity index (χ4v) is 2.92. The van der Waals surface area contributed by atoms with E-state index in [1.165, 1.54) is 75.8 Å². The molecule has 0 aliphatic rings. The average molecular weight is 400 g/mol. The van der Waals surface area contributed by atoms with Crippen molar-refractivity contribution in [1.82, 2.24) is 4.90 Å². The van der Waals surface area contributed by atoms with Crippen molar-refractivity contribution in [1.29, 1.82) is 0 Å². The van der Waals surface area contributed by atoms with Crippen molar-refractivity contribution in [2.75, 3.05) is 19.3 Å². The first-order valence-electron chi connectivity index (χ1n) is 9.22. The third-order valence-electron chi connectivity index (χ3n) is 4.04. The van der Waals surface area contributed by atoms with E-state index in [-0.39, 0.29) is 63.8 Å². The molecular formula is C18H34KNO4S. The average Bonchev–Trinajstić information content (AvgIpc) is 2.52. The van der Waals surface area contributed by atoms with Crippen LogP contribution in [0.15, 0.2) is 12.2 Å². The summed E-state index contributed by atoms with van der Waals surface area (Å²) in [7, 11) is -2.77. The van der Waals surface area contributed by atoms with Crippen LogP contribution in [0.2, 0.25) is 0 Å². The van der Waals surface area contributed by atoms with E-state index in [0.717, 1.165) is 12.8 Å². The van der Waals surface area contributed by atoms with E-state index in [2.05, 4.69) is 6.92 Å². The van der Waals surface area contributed by atoms with Crippen LogP contribution in [0.3, 0.4) is 0 Å². The molecule has 5 nitrogen and oxygen atoms in total. The Morgan fingerprint density at radius 3 is 1.92 bits per heavy atom. The summed E-state index contributed by atoms with van der Waals surface area (Å²) in [6, 6.07) is 0. The Morgan fingerprint density at radius 1 is 0.960 bits per heavy atom. The molecule has 7 heteroatoms. The maximum atomic E-state index is 11.7. The predicted octanol–water partition coefficient (Wildman–Crippen LogP) is 0.861. The van der Waals surface area contributed by atoms with Gasteiger partial charge in [0, 0.05) is 13.6 Å². The van der Waals surface area contributed by atoms with Gasteiger partial charge in [-0.3, -0.25) is 4.79 Å². The Bertz CT molecular complexity index is 452. The number of rotatable bonds is 15. The van der Waals surface area contributed by atoms with Crippen LogP contribution in [-0.2, 0) is 14.9 Å². The van der Waals surface area contributed by atoms with E-state index in [1.807, 2.05) is 6.08 Å². The van der Waals surface area contributed by atoms with Crippen LogP contribution >= 0.6 is 0 Å². The number of amides is 1. The van der Waals surface area contributed by atoms with Crippen molar-refractivity contribution in [3.05, 3.63) is 12.2 Å². The molecule has 0 N–H and O–H groups in total. The normalized spacial score (nSPS) is 11.5. The van der Waals surface area contributed by atoms with E-state index in [1.54, 1.807) is 0 Å². The molecular weight excluding hydrogens is 365 g/mol. The third kappa shape index (κ3) is 20.9. The number of allylic oxidation sites excluding steroid dienone is 1. The summed E-state index contributed by atoms with van der Waals surface area (Å²) in [5.74, 6) is -0.799. The number of carbonyl (C=O) groups excluding carboxylic acids is 1. The zero-order valence-electron chi connectivity index (χ0n) is 16.3. The summed E-state index contributed by atoms with van der Waals surface area (Å²) in [6.07, 6.45) is 17.0. The van der Waals surface area contributed by atoms with E-state index < -0.39 is 15.9 Å². The number of unbranched alkanes of at least 4 members (excludes halogenated alkanes) is 10. The van der Waals surface area contributed by atoms with Crippen LogP contribution in [0.25, 0.3) is 0 Å². The molecule has 0 aromatic heterocycles. The molecule has 0 aromatic carbocycles. The molecule has 1 amide bonds. The minimum atomic E-state index is -4.27. The Hall–Kier alpha value is 0.756. The van der Waals surface area contributed by atoms with Crippen LogP contribution in [0.4, 0.5) is 0 Å². The maximum Gasteiger partial charge on any atom is 1.00 e. The van der Waals surface area contributed by atoms with E-state index in [0.29, 0.717) is 0 Å². The van der Waals surface area contributed by atoms with Crippen molar-refractivity contribution >= 4 is 16.0 Å². The van der Waals surface area contributed by atoms with E-state index in [4.69, 9.17) is 0 Å². The quantitative estimate of drug-likeness (QED) is 0.177. The Morgan fingerprint density at radius 2 is 1.44 bits per heavy atom. The molecule has 0 aliphatic heterocycles. The minimum Gasteiger partial charge on any atom is -0.748 e. The van der Waals surface area contributed by atoms with Crippen molar-refractivity contribution in [2.45, 2.75) is 77.6 Å². The molecule has 0 fully saturated rings. The van der Waals surface area contributed by atoms with E-state index in [9.17, 15) is 17.8 Å². The van der Waals surface area contributed by atoms with Crippen LogP contribution in [0.1, 0.15) is 77.6 Å². The van der Waals surface area contributed by atoms with Crippen molar-refractivity contribution in [2.24, 2.45) is 0 Å². The van der Waals surface area contributed by atoms with Gasteiger partial charge in [-0.05, 0) is 18.9 Å². The van der Waals surface area contributed by atoms with Gasteiger partial charge in [-0.25, -0.2) is 8.42 Å². The van der Waals surface area contributed by atoms with Gasteiger partial charge < -0.3 is 9.45 Å². The molecule has 0 radical (unpaired) electrons. The predicted molar refractivity (Wildman–Crippen MR) is 97.8 cm³/mol. The van der Waals surface area contributed by atoms with Crippen LogP contribution < -0.4 is 51.4 Å². The zero-order chi connectivity index (χ0) is 18.3. The smallest absolute Gasteiger partial charge is 0.748 e. The summed E-state index contributed by atoms with van der Waals surface area (Å²) in [5, 5.41) is 0. The zero-order valence-corrected chi connectivity index (χ0v) is 20.3. The van der Waals surface area contributed by atoms with Crippen LogP contribution in [-0.4, -0.2) is 43.1 Å². The second-order valence-corrected chi connectivity index (χ2v) is 7.92. The fraction of sp³-hybridized carbons (Fsp3) is 0.833. The standard InChI is InChI=1S/C18H35NO4S.K/c1-3-4-5-6-7-8-9-10-11-12-13-14-15-18(20)19(2)16-17-24(21,22)23;/h14-15H,3-13,16-17H2,1-2H3,(H,21,22,23);/q;+1/p-1/b15-14+;. The molecule has 0 atom stereocenters.